The second-order valence-corrected chi connectivity index (χ2v) is 18.3. The highest BCUT2D eigenvalue weighted by molar-refractivity contribution is 6.13. The molecule has 10 aromatic carbocycles. The van der Waals surface area contributed by atoms with Crippen molar-refractivity contribution in [3.05, 3.63) is 249 Å². The maximum atomic E-state index is 6.64. The van der Waals surface area contributed by atoms with E-state index in [4.69, 9.17) is 34.3 Å². The highest BCUT2D eigenvalue weighted by Crippen LogP contribution is 2.40. The Bertz CT molecular complexity index is 4340. The van der Waals surface area contributed by atoms with Crippen molar-refractivity contribution >= 4 is 43.7 Å². The molecule has 0 atom stereocenters. The topological polar surface area (TPSA) is 95.4 Å². The van der Waals surface area contributed by atoms with E-state index in [1.807, 2.05) is 91.0 Å². The normalized spacial score (nSPS) is 11.5. The van der Waals surface area contributed by atoms with E-state index in [1.54, 1.807) is 0 Å². The molecular weight excluding hydrogens is 907 g/mol. The van der Waals surface area contributed by atoms with Gasteiger partial charge in [-0.05, 0) is 75.8 Å². The van der Waals surface area contributed by atoms with Crippen molar-refractivity contribution in [3.63, 3.8) is 0 Å². The van der Waals surface area contributed by atoms with Gasteiger partial charge in [0.25, 0.3) is 0 Å². The van der Waals surface area contributed by atoms with Crippen LogP contribution in [0.2, 0.25) is 0 Å². The molecule has 346 valence electrons. The minimum Gasteiger partial charge on any atom is -0.456 e. The van der Waals surface area contributed by atoms with Gasteiger partial charge in [-0.3, -0.25) is 4.57 Å². The summed E-state index contributed by atoms with van der Waals surface area (Å²) in [6, 6.07) is 85.4. The number of para-hydroxylation sites is 1. The number of nitrogens with zero attached hydrogens (tertiary/aromatic N) is 7. The molecule has 0 N–H and O–H groups in total. The van der Waals surface area contributed by atoms with E-state index in [0.29, 0.717) is 35.1 Å². The van der Waals surface area contributed by atoms with Gasteiger partial charge in [0.1, 0.15) is 11.2 Å². The van der Waals surface area contributed by atoms with E-state index in [0.717, 1.165) is 105 Å². The van der Waals surface area contributed by atoms with Crippen molar-refractivity contribution < 1.29 is 4.42 Å². The van der Waals surface area contributed by atoms with Crippen molar-refractivity contribution in [2.24, 2.45) is 0 Å². The van der Waals surface area contributed by atoms with Gasteiger partial charge in [-0.25, -0.2) is 19.9 Å². The summed E-state index contributed by atoms with van der Waals surface area (Å²) in [7, 11) is 0. The lowest BCUT2D eigenvalue weighted by molar-refractivity contribution is 0.669. The summed E-state index contributed by atoms with van der Waals surface area (Å²) in [6.07, 6.45) is 0. The average molecular weight is 948 g/mol. The summed E-state index contributed by atoms with van der Waals surface area (Å²) in [5.74, 6) is 3.42. The Labute approximate surface area is 425 Å². The SMILES string of the molecule is c1ccc(-c2ccc(-c3nc(-c4cccc5oc6ccc(-c7cccc(-c8nc(-c9ccccc9)nc(-c9ccccc9)n8)c7)cc6c45)nc(-n4c5ccccc5c5cc(-c6ccccc6)ccc54)n3)cc2)cc1. The second-order valence-electron chi connectivity index (χ2n) is 18.3. The number of hydrogen-bond donors (Lipinski definition) is 0. The van der Waals surface area contributed by atoms with Crippen LogP contribution in [0, 0.1) is 0 Å². The van der Waals surface area contributed by atoms with Crippen LogP contribution in [0.4, 0.5) is 0 Å². The molecule has 0 spiro atoms. The molecule has 74 heavy (non-hydrogen) atoms. The maximum absolute atomic E-state index is 6.64. The molecule has 0 unspecified atom stereocenters. The van der Waals surface area contributed by atoms with Crippen LogP contribution in [-0.2, 0) is 0 Å². The minimum absolute atomic E-state index is 0.516. The first-order valence-corrected chi connectivity index (χ1v) is 24.6. The summed E-state index contributed by atoms with van der Waals surface area (Å²) >= 11 is 0. The van der Waals surface area contributed by atoms with Gasteiger partial charge in [0.05, 0.1) is 11.0 Å². The fraction of sp³-hybridized carbons (Fsp3) is 0. The molecule has 14 rings (SSSR count). The fourth-order valence-corrected chi connectivity index (χ4v) is 10.1. The lowest BCUT2D eigenvalue weighted by Crippen LogP contribution is -2.06. The third kappa shape index (κ3) is 7.66. The fourth-order valence-electron chi connectivity index (χ4n) is 10.1. The van der Waals surface area contributed by atoms with E-state index < -0.39 is 0 Å². The van der Waals surface area contributed by atoms with Crippen LogP contribution in [-0.4, -0.2) is 34.5 Å². The molecule has 14 aromatic rings. The van der Waals surface area contributed by atoms with Crippen LogP contribution < -0.4 is 0 Å². The molecule has 4 aromatic heterocycles. The summed E-state index contributed by atoms with van der Waals surface area (Å²) in [5.41, 5.74) is 14.5. The molecule has 0 aliphatic carbocycles. The van der Waals surface area contributed by atoms with Gasteiger partial charge < -0.3 is 4.42 Å². The van der Waals surface area contributed by atoms with E-state index in [-0.39, 0.29) is 0 Å². The molecule has 0 saturated heterocycles. The Morgan fingerprint density at radius 2 is 0.689 bits per heavy atom. The zero-order valence-electron chi connectivity index (χ0n) is 39.7. The quantitative estimate of drug-likeness (QED) is 0.142. The Balaban J connectivity index is 0.927. The Morgan fingerprint density at radius 1 is 0.257 bits per heavy atom. The molecule has 8 nitrogen and oxygen atoms in total. The number of furan rings is 1. The second kappa shape index (κ2) is 17.9. The molecule has 8 heteroatoms. The first kappa shape index (κ1) is 42.7. The predicted molar refractivity (Wildman–Crippen MR) is 298 cm³/mol. The largest absolute Gasteiger partial charge is 0.456 e. The van der Waals surface area contributed by atoms with Gasteiger partial charge in [0.15, 0.2) is 29.1 Å². The molecular formula is C66H41N7O. The van der Waals surface area contributed by atoms with Crippen LogP contribution in [0.15, 0.2) is 253 Å². The van der Waals surface area contributed by atoms with Gasteiger partial charge in [-0.15, -0.1) is 0 Å². The summed E-state index contributed by atoms with van der Waals surface area (Å²) in [6.45, 7) is 0. The molecule has 0 amide bonds. The zero-order valence-corrected chi connectivity index (χ0v) is 39.7. The number of hydrogen-bond acceptors (Lipinski definition) is 7. The Hall–Kier alpha value is -10.2. The van der Waals surface area contributed by atoms with Gasteiger partial charge in [-0.1, -0.05) is 206 Å². The third-order valence-corrected chi connectivity index (χ3v) is 13.7. The van der Waals surface area contributed by atoms with Crippen LogP contribution in [0.3, 0.4) is 0 Å². The highest BCUT2D eigenvalue weighted by atomic mass is 16.3. The molecule has 0 aliphatic rings. The number of fused-ring (bicyclic) bond motifs is 6. The van der Waals surface area contributed by atoms with Gasteiger partial charge in [-0.2, -0.15) is 9.97 Å². The van der Waals surface area contributed by atoms with Crippen LogP contribution in [0.1, 0.15) is 0 Å². The van der Waals surface area contributed by atoms with E-state index in [1.165, 1.54) is 0 Å². The summed E-state index contributed by atoms with van der Waals surface area (Å²) < 4.78 is 8.81. The zero-order chi connectivity index (χ0) is 49.0. The molecule has 4 heterocycles. The van der Waals surface area contributed by atoms with Crippen molar-refractivity contribution in [3.8, 4) is 96.3 Å². The van der Waals surface area contributed by atoms with Gasteiger partial charge in [0, 0.05) is 49.4 Å². The summed E-state index contributed by atoms with van der Waals surface area (Å²) in [5, 5.41) is 4.08. The van der Waals surface area contributed by atoms with Crippen LogP contribution in [0.5, 0.6) is 0 Å². The Morgan fingerprint density at radius 3 is 1.39 bits per heavy atom. The molecule has 0 radical (unpaired) electrons. The number of aromatic nitrogens is 7. The van der Waals surface area contributed by atoms with Crippen LogP contribution in [0.25, 0.3) is 140 Å². The van der Waals surface area contributed by atoms with Crippen molar-refractivity contribution in [1.29, 1.82) is 0 Å². The smallest absolute Gasteiger partial charge is 0.238 e. The number of rotatable bonds is 9. The van der Waals surface area contributed by atoms with Crippen molar-refractivity contribution in [1.82, 2.24) is 34.5 Å². The van der Waals surface area contributed by atoms with Gasteiger partial charge >= 0.3 is 0 Å². The lowest BCUT2D eigenvalue weighted by Gasteiger charge is -2.12. The highest BCUT2D eigenvalue weighted by Gasteiger charge is 2.22. The van der Waals surface area contributed by atoms with Gasteiger partial charge in [0.2, 0.25) is 5.95 Å². The van der Waals surface area contributed by atoms with E-state index in [9.17, 15) is 0 Å². The first-order chi connectivity index (χ1) is 36.6. The lowest BCUT2D eigenvalue weighted by atomic mass is 9.99. The molecule has 0 aliphatic heterocycles. The average Bonchev–Trinajstić information content (AvgIpc) is 4.04. The Kier molecular flexibility index (Phi) is 10.3. The van der Waals surface area contributed by atoms with E-state index in [2.05, 4.69) is 162 Å². The first-order valence-electron chi connectivity index (χ1n) is 24.6. The summed E-state index contributed by atoms with van der Waals surface area (Å²) in [4.78, 5) is 31.0. The maximum Gasteiger partial charge on any atom is 0.238 e. The molecule has 0 saturated carbocycles. The van der Waals surface area contributed by atoms with Crippen molar-refractivity contribution in [2.45, 2.75) is 0 Å². The standard InChI is InChI=1S/C66H41N7O/c1-5-17-42(18-6-1)44-31-33-47(34-32-44)63-70-65(72-66(71-63)73-56-29-14-13-27-52(56)54-40-49(35-37-57(54)73)43-19-7-2-8-20-43)53-28-16-30-59-60(53)55-41-50(36-38-58(55)74-59)48-25-15-26-51(39-48)64-68-61(45-21-9-3-10-22-45)67-62(69-64)46-23-11-4-12-24-46/h1-41H. The molecule has 0 fully saturated rings. The number of benzene rings is 10. The predicted octanol–water partition coefficient (Wildman–Crippen LogP) is 16.4. The molecule has 0 bridgehead atoms. The van der Waals surface area contributed by atoms with Crippen LogP contribution >= 0.6 is 0 Å². The third-order valence-electron chi connectivity index (χ3n) is 13.7. The minimum atomic E-state index is 0.516. The monoisotopic (exact) mass is 947 g/mol. The van der Waals surface area contributed by atoms with E-state index >= 15 is 0 Å². The van der Waals surface area contributed by atoms with Crippen molar-refractivity contribution in [2.75, 3.05) is 0 Å².